The molecule has 1 unspecified atom stereocenters. The fourth-order valence-corrected chi connectivity index (χ4v) is 3.29. The van der Waals surface area contributed by atoms with E-state index >= 15 is 0 Å². The quantitative estimate of drug-likeness (QED) is 0.751. The number of aromatic nitrogens is 1. The summed E-state index contributed by atoms with van der Waals surface area (Å²) < 4.78 is 5.77. The van der Waals surface area contributed by atoms with Gasteiger partial charge in [-0.05, 0) is 42.3 Å². The molecule has 7 nitrogen and oxygen atoms in total. The maximum atomic E-state index is 12.4. The number of carbonyl (C=O) groups excluding carboxylic acids is 2. The predicted octanol–water partition coefficient (Wildman–Crippen LogP) is 2.42. The molecule has 2 heterocycles. The SMILES string of the molecule is CC(C)CN1CCOC(CNC(=O)c2ccc(NC(=O)c3ccccn3)cc2)C1. The van der Waals surface area contributed by atoms with E-state index in [0.717, 1.165) is 19.6 Å². The highest BCUT2D eigenvalue weighted by Gasteiger charge is 2.21. The zero-order valence-corrected chi connectivity index (χ0v) is 16.9. The summed E-state index contributed by atoms with van der Waals surface area (Å²) in [5.41, 5.74) is 1.49. The van der Waals surface area contributed by atoms with Crippen molar-refractivity contribution in [1.29, 1.82) is 0 Å². The van der Waals surface area contributed by atoms with E-state index in [-0.39, 0.29) is 17.9 Å². The number of hydrogen-bond acceptors (Lipinski definition) is 5. The van der Waals surface area contributed by atoms with E-state index in [1.54, 1.807) is 48.7 Å². The number of rotatable bonds is 7. The topological polar surface area (TPSA) is 83.6 Å². The maximum Gasteiger partial charge on any atom is 0.274 e. The number of carbonyl (C=O) groups is 2. The van der Waals surface area contributed by atoms with Crippen molar-refractivity contribution in [2.45, 2.75) is 20.0 Å². The molecule has 1 fully saturated rings. The van der Waals surface area contributed by atoms with Crippen molar-refractivity contribution in [3.8, 4) is 0 Å². The van der Waals surface area contributed by atoms with Gasteiger partial charge in [0.05, 0.1) is 12.7 Å². The second-order valence-electron chi connectivity index (χ2n) is 7.60. The molecule has 3 rings (SSSR count). The molecule has 1 atom stereocenters. The van der Waals surface area contributed by atoms with Crippen LogP contribution in [0.5, 0.6) is 0 Å². The minimum absolute atomic E-state index is 0.00313. The Morgan fingerprint density at radius 3 is 2.66 bits per heavy atom. The van der Waals surface area contributed by atoms with E-state index in [0.29, 0.717) is 36.0 Å². The molecule has 0 spiro atoms. The summed E-state index contributed by atoms with van der Waals surface area (Å²) in [5, 5.41) is 5.71. The number of benzene rings is 1. The van der Waals surface area contributed by atoms with Crippen LogP contribution in [-0.2, 0) is 4.74 Å². The first kappa shape index (κ1) is 21.0. The number of pyridine rings is 1. The first-order chi connectivity index (χ1) is 14.0. The number of amides is 2. The van der Waals surface area contributed by atoms with Gasteiger partial charge in [0.15, 0.2) is 0 Å². The molecule has 0 radical (unpaired) electrons. The number of ether oxygens (including phenoxy) is 1. The summed E-state index contributed by atoms with van der Waals surface area (Å²) >= 11 is 0. The molecular formula is C22H28N4O3. The van der Waals surface area contributed by atoms with E-state index in [1.165, 1.54) is 0 Å². The Kier molecular flexibility index (Phi) is 7.32. The lowest BCUT2D eigenvalue weighted by molar-refractivity contribution is -0.0295. The summed E-state index contributed by atoms with van der Waals surface area (Å²) in [6, 6.07) is 11.9. The van der Waals surface area contributed by atoms with Crippen LogP contribution < -0.4 is 10.6 Å². The van der Waals surface area contributed by atoms with Crippen LogP contribution in [0, 0.1) is 5.92 Å². The second kappa shape index (κ2) is 10.1. The van der Waals surface area contributed by atoms with Crippen LogP contribution in [0.1, 0.15) is 34.7 Å². The van der Waals surface area contributed by atoms with Gasteiger partial charge in [0, 0.05) is 43.6 Å². The molecule has 0 bridgehead atoms. The molecule has 1 aliphatic heterocycles. The van der Waals surface area contributed by atoms with Gasteiger partial charge in [-0.1, -0.05) is 19.9 Å². The Balaban J connectivity index is 1.48. The van der Waals surface area contributed by atoms with Crippen LogP contribution in [0.3, 0.4) is 0 Å². The normalized spacial score (nSPS) is 17.1. The highest BCUT2D eigenvalue weighted by molar-refractivity contribution is 6.03. The van der Waals surface area contributed by atoms with Crippen LogP contribution in [0.15, 0.2) is 48.7 Å². The third-order valence-corrected chi connectivity index (χ3v) is 4.64. The highest BCUT2D eigenvalue weighted by Crippen LogP contribution is 2.12. The van der Waals surface area contributed by atoms with E-state index in [9.17, 15) is 9.59 Å². The summed E-state index contributed by atoms with van der Waals surface area (Å²) in [4.78, 5) is 31.0. The van der Waals surface area contributed by atoms with E-state index in [1.807, 2.05) is 0 Å². The van der Waals surface area contributed by atoms with Crippen molar-refractivity contribution in [3.05, 3.63) is 59.9 Å². The largest absolute Gasteiger partial charge is 0.374 e. The van der Waals surface area contributed by atoms with Gasteiger partial charge in [-0.25, -0.2) is 0 Å². The lowest BCUT2D eigenvalue weighted by atomic mass is 10.1. The standard InChI is InChI=1S/C22H28N4O3/c1-16(2)14-26-11-12-29-19(15-26)13-24-21(27)17-6-8-18(9-7-17)25-22(28)20-5-3-4-10-23-20/h3-10,16,19H,11-15H2,1-2H3,(H,24,27)(H,25,28). The molecule has 2 aromatic rings. The highest BCUT2D eigenvalue weighted by atomic mass is 16.5. The van der Waals surface area contributed by atoms with Gasteiger partial charge < -0.3 is 15.4 Å². The number of hydrogen-bond donors (Lipinski definition) is 2. The first-order valence-corrected chi connectivity index (χ1v) is 9.96. The Morgan fingerprint density at radius 1 is 1.17 bits per heavy atom. The average molecular weight is 396 g/mol. The van der Waals surface area contributed by atoms with Gasteiger partial charge in [0.25, 0.3) is 11.8 Å². The van der Waals surface area contributed by atoms with Gasteiger partial charge in [-0.2, -0.15) is 0 Å². The third kappa shape index (κ3) is 6.37. The van der Waals surface area contributed by atoms with Crippen LogP contribution in [0.4, 0.5) is 5.69 Å². The molecule has 7 heteroatoms. The van der Waals surface area contributed by atoms with Crippen LogP contribution in [0.2, 0.25) is 0 Å². The van der Waals surface area contributed by atoms with Gasteiger partial charge in [-0.15, -0.1) is 0 Å². The third-order valence-electron chi connectivity index (χ3n) is 4.64. The lowest BCUT2D eigenvalue weighted by Gasteiger charge is -2.33. The Bertz CT molecular complexity index is 809. The molecule has 154 valence electrons. The minimum atomic E-state index is -0.289. The van der Waals surface area contributed by atoms with Gasteiger partial charge in [0.2, 0.25) is 0 Å². The molecule has 1 saturated heterocycles. The maximum absolute atomic E-state index is 12.4. The summed E-state index contributed by atoms with van der Waals surface area (Å²) in [5.74, 6) is 0.167. The van der Waals surface area contributed by atoms with Crippen molar-refractivity contribution < 1.29 is 14.3 Å². The summed E-state index contributed by atoms with van der Waals surface area (Å²) in [6.07, 6.45) is 1.57. The molecule has 1 aromatic heterocycles. The predicted molar refractivity (Wildman–Crippen MR) is 112 cm³/mol. The molecule has 2 amide bonds. The van der Waals surface area contributed by atoms with Crippen molar-refractivity contribution >= 4 is 17.5 Å². The van der Waals surface area contributed by atoms with Crippen molar-refractivity contribution in [1.82, 2.24) is 15.2 Å². The van der Waals surface area contributed by atoms with Crippen molar-refractivity contribution in [3.63, 3.8) is 0 Å². The van der Waals surface area contributed by atoms with Crippen LogP contribution in [0.25, 0.3) is 0 Å². The molecule has 1 aliphatic rings. The number of nitrogens with zero attached hydrogens (tertiary/aromatic N) is 2. The average Bonchev–Trinajstić information content (AvgIpc) is 2.73. The minimum Gasteiger partial charge on any atom is -0.374 e. The first-order valence-electron chi connectivity index (χ1n) is 9.96. The summed E-state index contributed by atoms with van der Waals surface area (Å²) in [6.45, 7) is 8.39. The van der Waals surface area contributed by atoms with Crippen LogP contribution >= 0.6 is 0 Å². The summed E-state index contributed by atoms with van der Waals surface area (Å²) in [7, 11) is 0. The molecule has 2 N–H and O–H groups in total. The number of morpholine rings is 1. The molecule has 0 aliphatic carbocycles. The zero-order valence-electron chi connectivity index (χ0n) is 16.9. The van der Waals surface area contributed by atoms with E-state index in [2.05, 4.69) is 34.4 Å². The Morgan fingerprint density at radius 2 is 1.97 bits per heavy atom. The molecule has 0 saturated carbocycles. The fourth-order valence-electron chi connectivity index (χ4n) is 3.29. The lowest BCUT2D eigenvalue weighted by Crippen LogP contribution is -2.48. The number of anilines is 1. The molecule has 29 heavy (non-hydrogen) atoms. The second-order valence-corrected chi connectivity index (χ2v) is 7.60. The zero-order chi connectivity index (χ0) is 20.6. The van der Waals surface area contributed by atoms with Gasteiger partial charge in [-0.3, -0.25) is 19.5 Å². The van der Waals surface area contributed by atoms with Crippen molar-refractivity contribution in [2.24, 2.45) is 5.92 Å². The van der Waals surface area contributed by atoms with E-state index < -0.39 is 0 Å². The number of nitrogens with one attached hydrogen (secondary N) is 2. The van der Waals surface area contributed by atoms with Crippen LogP contribution in [-0.4, -0.2) is 60.6 Å². The Labute approximate surface area is 171 Å². The monoisotopic (exact) mass is 396 g/mol. The molecular weight excluding hydrogens is 368 g/mol. The van der Waals surface area contributed by atoms with Crippen molar-refractivity contribution in [2.75, 3.05) is 38.1 Å². The molecule has 1 aromatic carbocycles. The van der Waals surface area contributed by atoms with E-state index in [4.69, 9.17) is 4.74 Å². The smallest absolute Gasteiger partial charge is 0.274 e. The Hall–Kier alpha value is -2.77. The van der Waals surface area contributed by atoms with Gasteiger partial charge >= 0.3 is 0 Å². The fraction of sp³-hybridized carbons (Fsp3) is 0.409. The van der Waals surface area contributed by atoms with Gasteiger partial charge in [0.1, 0.15) is 5.69 Å².